The van der Waals surface area contributed by atoms with E-state index in [1.807, 2.05) is 36.5 Å². The van der Waals surface area contributed by atoms with Crippen LogP contribution in [-0.4, -0.2) is 30.5 Å². The van der Waals surface area contributed by atoms with Crippen molar-refractivity contribution in [1.82, 2.24) is 15.6 Å². The molecule has 1 aromatic heterocycles. The van der Waals surface area contributed by atoms with Gasteiger partial charge in [-0.05, 0) is 48.7 Å². The molecule has 0 fully saturated rings. The molecular weight excluding hydrogens is 346 g/mol. The zero-order valence-electron chi connectivity index (χ0n) is 14.7. The monoisotopic (exact) mass is 369 g/mol. The van der Waals surface area contributed by atoms with Crippen LogP contribution in [0.4, 0.5) is 0 Å². The normalized spacial score (nSPS) is 11.0. The Balaban J connectivity index is 1.30. The number of para-hydroxylation sites is 1. The van der Waals surface area contributed by atoms with E-state index < -0.39 is 0 Å². The highest BCUT2D eigenvalue weighted by Gasteiger charge is 2.04. The number of fused-ring (bicyclic) bond motifs is 1. The quantitative estimate of drug-likeness (QED) is 0.504. The Hall–Kier alpha value is -2.30. The van der Waals surface area contributed by atoms with Gasteiger partial charge in [0.15, 0.2) is 0 Å². The van der Waals surface area contributed by atoms with Gasteiger partial charge in [0.2, 0.25) is 5.91 Å². The molecule has 0 bridgehead atoms. The first-order valence-corrected chi connectivity index (χ1v) is 9.37. The first-order chi connectivity index (χ1) is 12.7. The number of halogens is 1. The van der Waals surface area contributed by atoms with Crippen LogP contribution in [0.15, 0.2) is 54.7 Å². The van der Waals surface area contributed by atoms with Crippen LogP contribution in [-0.2, 0) is 17.6 Å². The summed E-state index contributed by atoms with van der Waals surface area (Å²) in [5.74, 6) is 0.0834. The summed E-state index contributed by atoms with van der Waals surface area (Å²) in [6, 6.07) is 16.1. The topological polar surface area (TPSA) is 56.9 Å². The lowest BCUT2D eigenvalue weighted by molar-refractivity contribution is -0.120. The van der Waals surface area contributed by atoms with Crippen molar-refractivity contribution < 1.29 is 4.79 Å². The number of H-pyrrole nitrogens is 1. The zero-order valence-corrected chi connectivity index (χ0v) is 15.5. The maximum absolute atomic E-state index is 11.9. The van der Waals surface area contributed by atoms with E-state index in [0.29, 0.717) is 19.5 Å². The summed E-state index contributed by atoms with van der Waals surface area (Å²) in [5.41, 5.74) is 3.58. The van der Waals surface area contributed by atoms with Crippen LogP contribution in [0.3, 0.4) is 0 Å². The third kappa shape index (κ3) is 5.35. The minimum Gasteiger partial charge on any atom is -0.361 e. The van der Waals surface area contributed by atoms with Crippen molar-refractivity contribution in [3.8, 4) is 0 Å². The Morgan fingerprint density at radius 2 is 1.88 bits per heavy atom. The van der Waals surface area contributed by atoms with E-state index in [-0.39, 0.29) is 5.91 Å². The van der Waals surface area contributed by atoms with Gasteiger partial charge in [-0.2, -0.15) is 0 Å². The lowest BCUT2D eigenvalue weighted by Gasteiger charge is -2.07. The second-order valence-electron chi connectivity index (χ2n) is 6.34. The van der Waals surface area contributed by atoms with Crippen LogP contribution in [0.25, 0.3) is 10.9 Å². The summed E-state index contributed by atoms with van der Waals surface area (Å²) in [6.45, 7) is 2.17. The third-order valence-electron chi connectivity index (χ3n) is 4.40. The van der Waals surface area contributed by atoms with Gasteiger partial charge in [-0.25, -0.2) is 0 Å². The van der Waals surface area contributed by atoms with E-state index in [0.717, 1.165) is 29.9 Å². The number of amides is 1. The lowest BCUT2D eigenvalue weighted by atomic mass is 10.1. The number of carbonyl (C=O) groups is 1. The molecule has 0 aliphatic heterocycles. The maximum atomic E-state index is 11.9. The van der Waals surface area contributed by atoms with Crippen molar-refractivity contribution in [1.29, 1.82) is 0 Å². The minimum absolute atomic E-state index is 0.0834. The van der Waals surface area contributed by atoms with Crippen LogP contribution in [0.2, 0.25) is 5.02 Å². The summed E-state index contributed by atoms with van der Waals surface area (Å²) in [7, 11) is 0. The number of nitrogens with one attached hydrogen (secondary N) is 3. The lowest BCUT2D eigenvalue weighted by Crippen LogP contribution is -2.29. The van der Waals surface area contributed by atoms with E-state index in [2.05, 4.69) is 33.8 Å². The average Bonchev–Trinajstić information content (AvgIpc) is 3.05. The molecule has 0 saturated heterocycles. The predicted molar refractivity (Wildman–Crippen MR) is 108 cm³/mol. The fourth-order valence-electron chi connectivity index (χ4n) is 3.02. The number of rotatable bonds is 9. The minimum atomic E-state index is 0.0834. The third-order valence-corrected chi connectivity index (χ3v) is 4.63. The second-order valence-corrected chi connectivity index (χ2v) is 6.78. The summed E-state index contributed by atoms with van der Waals surface area (Å²) >= 11 is 5.97. The number of aromatic nitrogens is 1. The van der Waals surface area contributed by atoms with Crippen molar-refractivity contribution in [2.24, 2.45) is 0 Å². The molecule has 3 N–H and O–H groups in total. The molecule has 3 rings (SSSR count). The van der Waals surface area contributed by atoms with Crippen LogP contribution < -0.4 is 10.6 Å². The number of carbonyl (C=O) groups excluding carboxylic acids is 1. The fourth-order valence-corrected chi connectivity index (χ4v) is 3.23. The highest BCUT2D eigenvalue weighted by Crippen LogP contribution is 2.17. The van der Waals surface area contributed by atoms with E-state index in [1.165, 1.54) is 16.5 Å². The van der Waals surface area contributed by atoms with E-state index in [1.54, 1.807) is 0 Å². The van der Waals surface area contributed by atoms with Crippen molar-refractivity contribution in [2.75, 3.05) is 19.6 Å². The van der Waals surface area contributed by atoms with Gasteiger partial charge in [-0.1, -0.05) is 41.9 Å². The molecule has 0 saturated carbocycles. The Morgan fingerprint density at radius 1 is 1.00 bits per heavy atom. The molecule has 0 aliphatic rings. The van der Waals surface area contributed by atoms with E-state index in [4.69, 9.17) is 11.6 Å². The maximum Gasteiger partial charge on any atom is 0.221 e. The molecule has 26 heavy (non-hydrogen) atoms. The van der Waals surface area contributed by atoms with Crippen molar-refractivity contribution in [3.05, 3.63) is 70.9 Å². The second kappa shape index (κ2) is 9.41. The summed E-state index contributed by atoms with van der Waals surface area (Å²) in [6.07, 6.45) is 4.25. The van der Waals surface area contributed by atoms with Crippen molar-refractivity contribution in [3.63, 3.8) is 0 Å². The first-order valence-electron chi connectivity index (χ1n) is 8.99. The molecule has 2 aromatic carbocycles. The van der Waals surface area contributed by atoms with E-state index >= 15 is 0 Å². The molecule has 136 valence electrons. The first kappa shape index (κ1) is 18.5. The molecule has 0 atom stereocenters. The molecule has 0 spiro atoms. The van der Waals surface area contributed by atoms with Gasteiger partial charge in [0.1, 0.15) is 0 Å². The fraction of sp³-hybridized carbons (Fsp3) is 0.286. The number of benzene rings is 2. The largest absolute Gasteiger partial charge is 0.361 e. The molecule has 1 amide bonds. The van der Waals surface area contributed by atoms with Gasteiger partial charge < -0.3 is 15.6 Å². The standard InChI is InChI=1S/C21H24ClN3O/c22-18-5-3-4-16(14-18)8-11-23-12-10-21(26)24-13-9-17-15-25-20-7-2-1-6-19(17)20/h1-7,14-15,23,25H,8-13H2,(H,24,26). The molecule has 0 unspecified atom stereocenters. The Morgan fingerprint density at radius 3 is 2.77 bits per heavy atom. The van der Waals surface area contributed by atoms with Crippen molar-refractivity contribution in [2.45, 2.75) is 19.3 Å². The van der Waals surface area contributed by atoms with Crippen LogP contribution in [0.5, 0.6) is 0 Å². The van der Waals surface area contributed by atoms with Gasteiger partial charge in [-0.3, -0.25) is 4.79 Å². The molecule has 3 aromatic rings. The SMILES string of the molecule is O=C(CCNCCc1cccc(Cl)c1)NCCc1c[nH]c2ccccc12. The molecule has 4 nitrogen and oxygen atoms in total. The molecule has 5 heteroatoms. The summed E-state index contributed by atoms with van der Waals surface area (Å²) in [4.78, 5) is 15.2. The van der Waals surface area contributed by atoms with Crippen LogP contribution >= 0.6 is 11.6 Å². The Kier molecular flexibility index (Phi) is 6.69. The molecule has 0 radical (unpaired) electrons. The number of aromatic amines is 1. The highest BCUT2D eigenvalue weighted by molar-refractivity contribution is 6.30. The predicted octanol–water partition coefficient (Wildman–Crippen LogP) is 3.70. The van der Waals surface area contributed by atoms with Gasteiger partial charge >= 0.3 is 0 Å². The smallest absolute Gasteiger partial charge is 0.221 e. The van der Waals surface area contributed by atoms with Gasteiger partial charge in [0.05, 0.1) is 0 Å². The average molecular weight is 370 g/mol. The number of hydrogen-bond donors (Lipinski definition) is 3. The van der Waals surface area contributed by atoms with Crippen LogP contribution in [0.1, 0.15) is 17.5 Å². The van der Waals surface area contributed by atoms with Crippen LogP contribution in [0, 0.1) is 0 Å². The molecule has 1 heterocycles. The number of hydrogen-bond acceptors (Lipinski definition) is 2. The highest BCUT2D eigenvalue weighted by atomic mass is 35.5. The van der Waals surface area contributed by atoms with Crippen molar-refractivity contribution >= 4 is 28.4 Å². The molecular formula is C21H24ClN3O. The van der Waals surface area contributed by atoms with Gasteiger partial charge in [0.25, 0.3) is 0 Å². The Labute approximate surface area is 158 Å². The molecule has 0 aliphatic carbocycles. The van der Waals surface area contributed by atoms with Gasteiger partial charge in [-0.15, -0.1) is 0 Å². The zero-order chi connectivity index (χ0) is 18.2. The van der Waals surface area contributed by atoms with Gasteiger partial charge in [0, 0.05) is 41.6 Å². The Bertz CT molecular complexity index is 859. The van der Waals surface area contributed by atoms with E-state index in [9.17, 15) is 4.79 Å². The summed E-state index contributed by atoms with van der Waals surface area (Å²) in [5, 5.41) is 8.28. The summed E-state index contributed by atoms with van der Waals surface area (Å²) < 4.78 is 0.